The van der Waals surface area contributed by atoms with Crippen LogP contribution in [0.3, 0.4) is 0 Å². The van der Waals surface area contributed by atoms with Gasteiger partial charge in [-0.3, -0.25) is 4.79 Å². The number of rotatable bonds is 4. The molecule has 1 aromatic rings. The molecule has 0 bridgehead atoms. The molecule has 2 nitrogen and oxygen atoms in total. The second-order valence-corrected chi connectivity index (χ2v) is 6.82. The molecule has 1 aromatic heterocycles. The maximum Gasteiger partial charge on any atom is 0.255 e. The van der Waals surface area contributed by atoms with Gasteiger partial charge < -0.3 is 4.90 Å². The highest BCUT2D eigenvalue weighted by Crippen LogP contribution is 2.37. The monoisotopic (exact) mass is 277 g/mol. The van der Waals surface area contributed by atoms with E-state index >= 15 is 0 Å². The first kappa shape index (κ1) is 13.2. The van der Waals surface area contributed by atoms with Crippen LogP contribution in [0.25, 0.3) is 0 Å². The smallest absolute Gasteiger partial charge is 0.255 e. The third-order valence-corrected chi connectivity index (χ3v) is 5.41. The minimum absolute atomic E-state index is 0.281. The van der Waals surface area contributed by atoms with Crippen molar-refractivity contribution < 1.29 is 4.79 Å². The summed E-state index contributed by atoms with van der Waals surface area (Å²) in [5.41, 5.74) is 0.898. The maximum absolute atomic E-state index is 12.7. The van der Waals surface area contributed by atoms with Crippen molar-refractivity contribution in [1.82, 2.24) is 4.90 Å². The maximum atomic E-state index is 12.7. The summed E-state index contributed by atoms with van der Waals surface area (Å²) in [7, 11) is 0. The fourth-order valence-corrected chi connectivity index (χ4v) is 3.98. The molecule has 0 aliphatic heterocycles. The van der Waals surface area contributed by atoms with Gasteiger partial charge in [0.15, 0.2) is 0 Å². The Balaban J connectivity index is 1.70. The van der Waals surface area contributed by atoms with Crippen LogP contribution in [0.1, 0.15) is 62.2 Å². The van der Waals surface area contributed by atoms with E-state index in [1.807, 2.05) is 16.8 Å². The van der Waals surface area contributed by atoms with Crippen molar-refractivity contribution in [1.29, 1.82) is 0 Å². The highest BCUT2D eigenvalue weighted by atomic mass is 32.1. The Morgan fingerprint density at radius 3 is 2.32 bits per heavy atom. The molecule has 0 aromatic carbocycles. The van der Waals surface area contributed by atoms with Crippen molar-refractivity contribution in [2.45, 2.75) is 64.0 Å². The van der Waals surface area contributed by atoms with Crippen LogP contribution < -0.4 is 0 Å². The van der Waals surface area contributed by atoms with Gasteiger partial charge in [-0.1, -0.05) is 13.3 Å². The summed E-state index contributed by atoms with van der Waals surface area (Å²) in [6.07, 6.45) is 8.76. The van der Waals surface area contributed by atoms with Gasteiger partial charge in [-0.25, -0.2) is 0 Å². The largest absolute Gasteiger partial charge is 0.333 e. The van der Waals surface area contributed by atoms with E-state index in [1.54, 1.807) is 11.3 Å². The summed E-state index contributed by atoms with van der Waals surface area (Å²) < 4.78 is 0. The van der Waals surface area contributed by atoms with Gasteiger partial charge in [0.05, 0.1) is 5.56 Å². The van der Waals surface area contributed by atoms with Gasteiger partial charge in [-0.2, -0.15) is 11.3 Å². The lowest BCUT2D eigenvalue weighted by molar-refractivity contribution is 0.0588. The molecular weight excluding hydrogens is 254 g/mol. The van der Waals surface area contributed by atoms with Crippen LogP contribution in [0.2, 0.25) is 0 Å². The Labute approximate surface area is 119 Å². The molecule has 2 aliphatic rings. The zero-order chi connectivity index (χ0) is 13.2. The van der Waals surface area contributed by atoms with Crippen molar-refractivity contribution in [2.75, 3.05) is 0 Å². The molecule has 1 amide bonds. The number of carbonyl (C=O) groups excluding carboxylic acids is 1. The lowest BCUT2D eigenvalue weighted by Crippen LogP contribution is -2.43. The third kappa shape index (κ3) is 2.86. The van der Waals surface area contributed by atoms with Gasteiger partial charge >= 0.3 is 0 Å². The van der Waals surface area contributed by atoms with Gasteiger partial charge in [-0.05, 0) is 55.9 Å². The fraction of sp³-hybridized carbons (Fsp3) is 0.688. The van der Waals surface area contributed by atoms with Crippen LogP contribution in [0.15, 0.2) is 16.8 Å². The van der Waals surface area contributed by atoms with E-state index < -0.39 is 0 Å². The number of hydrogen-bond acceptors (Lipinski definition) is 2. The molecule has 2 aliphatic carbocycles. The zero-order valence-electron chi connectivity index (χ0n) is 11.7. The van der Waals surface area contributed by atoms with Crippen LogP contribution >= 0.6 is 11.3 Å². The molecule has 0 saturated heterocycles. The molecule has 3 heteroatoms. The molecule has 2 saturated carbocycles. The fourth-order valence-electron chi connectivity index (χ4n) is 3.35. The summed E-state index contributed by atoms with van der Waals surface area (Å²) >= 11 is 1.62. The van der Waals surface area contributed by atoms with E-state index in [9.17, 15) is 4.79 Å². The average Bonchev–Trinajstić information content (AvgIpc) is 3.12. The van der Waals surface area contributed by atoms with Gasteiger partial charge in [0.2, 0.25) is 0 Å². The van der Waals surface area contributed by atoms with Gasteiger partial charge in [-0.15, -0.1) is 0 Å². The lowest BCUT2D eigenvalue weighted by atomic mass is 9.83. The first-order valence-electron chi connectivity index (χ1n) is 7.64. The Hall–Kier alpha value is -0.830. The lowest BCUT2D eigenvalue weighted by Gasteiger charge is -2.37. The predicted molar refractivity (Wildman–Crippen MR) is 79.5 cm³/mol. The predicted octanol–water partition coefficient (Wildman–Crippen LogP) is 4.32. The second kappa shape index (κ2) is 5.66. The van der Waals surface area contributed by atoms with Crippen LogP contribution in [0.5, 0.6) is 0 Å². The average molecular weight is 277 g/mol. The van der Waals surface area contributed by atoms with Crippen molar-refractivity contribution in [3.63, 3.8) is 0 Å². The van der Waals surface area contributed by atoms with E-state index in [0.717, 1.165) is 11.5 Å². The number of thiophene rings is 1. The number of nitrogens with zero attached hydrogens (tertiary/aromatic N) is 1. The minimum atomic E-state index is 0.281. The molecule has 19 heavy (non-hydrogen) atoms. The molecule has 1 heterocycles. The van der Waals surface area contributed by atoms with Gasteiger partial charge in [0.1, 0.15) is 0 Å². The van der Waals surface area contributed by atoms with E-state index in [-0.39, 0.29) is 5.91 Å². The van der Waals surface area contributed by atoms with Gasteiger partial charge in [0.25, 0.3) is 5.91 Å². The Kier molecular flexibility index (Phi) is 3.92. The van der Waals surface area contributed by atoms with Crippen LogP contribution in [-0.4, -0.2) is 22.9 Å². The van der Waals surface area contributed by atoms with E-state index in [1.165, 1.54) is 44.9 Å². The topological polar surface area (TPSA) is 20.3 Å². The molecule has 0 spiro atoms. The highest BCUT2D eigenvalue weighted by Gasteiger charge is 2.38. The molecule has 0 N–H and O–H groups in total. The number of hydrogen-bond donors (Lipinski definition) is 0. The van der Waals surface area contributed by atoms with E-state index in [0.29, 0.717) is 12.1 Å². The molecular formula is C16H23NOS. The molecule has 0 radical (unpaired) electrons. The van der Waals surface area contributed by atoms with Gasteiger partial charge in [0, 0.05) is 17.5 Å². The normalized spacial score (nSPS) is 27.2. The molecule has 3 rings (SSSR count). The third-order valence-electron chi connectivity index (χ3n) is 4.73. The summed E-state index contributed by atoms with van der Waals surface area (Å²) in [5, 5.41) is 4.00. The first-order chi connectivity index (χ1) is 9.29. The first-order valence-corrected chi connectivity index (χ1v) is 8.58. The summed E-state index contributed by atoms with van der Waals surface area (Å²) in [5.74, 6) is 1.18. The molecule has 0 unspecified atom stereocenters. The minimum Gasteiger partial charge on any atom is -0.333 e. The zero-order valence-corrected chi connectivity index (χ0v) is 12.5. The van der Waals surface area contributed by atoms with Crippen molar-refractivity contribution >= 4 is 17.2 Å². The van der Waals surface area contributed by atoms with Crippen molar-refractivity contribution in [3.05, 3.63) is 22.4 Å². The van der Waals surface area contributed by atoms with E-state index in [2.05, 4.69) is 11.8 Å². The van der Waals surface area contributed by atoms with Crippen molar-refractivity contribution in [2.24, 2.45) is 5.92 Å². The Bertz CT molecular complexity index is 416. The highest BCUT2D eigenvalue weighted by molar-refractivity contribution is 7.08. The SMILES string of the molecule is CCC1CCC(N(C(=O)c2ccsc2)C2CC2)CC1. The number of amides is 1. The quantitative estimate of drug-likeness (QED) is 0.802. The van der Waals surface area contributed by atoms with Crippen molar-refractivity contribution in [3.8, 4) is 0 Å². The van der Waals surface area contributed by atoms with Crippen LogP contribution in [0.4, 0.5) is 0 Å². The molecule has 104 valence electrons. The molecule has 2 fully saturated rings. The molecule has 0 atom stereocenters. The summed E-state index contributed by atoms with van der Waals surface area (Å²) in [4.78, 5) is 14.9. The second-order valence-electron chi connectivity index (χ2n) is 6.04. The Morgan fingerprint density at radius 2 is 1.84 bits per heavy atom. The van der Waals surface area contributed by atoms with Crippen LogP contribution in [-0.2, 0) is 0 Å². The summed E-state index contributed by atoms with van der Waals surface area (Å²) in [6.45, 7) is 2.29. The number of carbonyl (C=O) groups is 1. The summed E-state index contributed by atoms with van der Waals surface area (Å²) in [6, 6.07) is 3.01. The Morgan fingerprint density at radius 1 is 1.21 bits per heavy atom. The van der Waals surface area contributed by atoms with Crippen LogP contribution in [0, 0.1) is 5.92 Å². The van der Waals surface area contributed by atoms with E-state index in [4.69, 9.17) is 0 Å². The standard InChI is InChI=1S/C16H23NOS/c1-2-12-3-5-14(6-4-12)17(15-7-8-15)16(18)13-9-10-19-11-13/h9-12,14-15H,2-8H2,1H3.